The number of amides is 4. The molecular weight excluding hydrogens is 393 g/mol. The molecule has 1 unspecified atom stereocenters. The molecule has 2 aliphatic rings. The van der Waals surface area contributed by atoms with Crippen molar-refractivity contribution in [2.45, 2.75) is 18.9 Å². The van der Waals surface area contributed by atoms with E-state index in [1.165, 1.54) is 31.2 Å². The van der Waals surface area contributed by atoms with E-state index in [1.54, 1.807) is 18.2 Å². The molecule has 2 N–H and O–H groups in total. The molecule has 4 amide bonds. The van der Waals surface area contributed by atoms with E-state index < -0.39 is 35.7 Å². The standard InChI is InChI=1S/C21H20FN3O5/c1-21(13-3-5-14(22)6-4-13)19(27)25(20(28)24-21)12-18(26)23-15-7-8-16-17(11-15)30-10-2-9-29-16/h3-8,11H,2,9-10,12H2,1H3,(H,23,26)(H,24,28). The molecule has 0 aliphatic carbocycles. The highest BCUT2D eigenvalue weighted by Crippen LogP contribution is 2.32. The van der Waals surface area contributed by atoms with Crippen LogP contribution in [0, 0.1) is 5.82 Å². The Bertz CT molecular complexity index is 1010. The van der Waals surface area contributed by atoms with Gasteiger partial charge in [-0.2, -0.15) is 0 Å². The number of rotatable bonds is 4. The second-order valence-electron chi connectivity index (χ2n) is 7.21. The predicted octanol–water partition coefficient (Wildman–Crippen LogP) is 2.39. The van der Waals surface area contributed by atoms with Crippen molar-refractivity contribution in [3.8, 4) is 11.5 Å². The average Bonchev–Trinajstić information content (AvgIpc) is 2.88. The molecule has 2 aliphatic heterocycles. The summed E-state index contributed by atoms with van der Waals surface area (Å²) in [6.45, 7) is 2.12. The summed E-state index contributed by atoms with van der Waals surface area (Å²) < 4.78 is 24.3. The van der Waals surface area contributed by atoms with Crippen LogP contribution in [0.1, 0.15) is 18.9 Å². The van der Waals surface area contributed by atoms with E-state index in [0.717, 1.165) is 11.3 Å². The molecule has 8 nitrogen and oxygen atoms in total. The van der Waals surface area contributed by atoms with Gasteiger partial charge in [0, 0.05) is 18.2 Å². The van der Waals surface area contributed by atoms with Gasteiger partial charge in [0.2, 0.25) is 5.91 Å². The van der Waals surface area contributed by atoms with Gasteiger partial charge in [0.15, 0.2) is 11.5 Å². The van der Waals surface area contributed by atoms with Crippen molar-refractivity contribution in [3.63, 3.8) is 0 Å². The SMILES string of the molecule is CC1(c2ccc(F)cc2)NC(=O)N(CC(=O)Nc2ccc3c(c2)OCCCO3)C1=O. The van der Waals surface area contributed by atoms with Crippen LogP contribution >= 0.6 is 0 Å². The van der Waals surface area contributed by atoms with E-state index in [2.05, 4.69) is 10.6 Å². The molecule has 1 fully saturated rings. The molecular formula is C21H20FN3O5. The molecule has 4 rings (SSSR count). The first-order valence-electron chi connectivity index (χ1n) is 9.46. The third-order valence-electron chi connectivity index (χ3n) is 5.03. The number of fused-ring (bicyclic) bond motifs is 1. The molecule has 1 saturated heterocycles. The number of nitrogens with one attached hydrogen (secondary N) is 2. The summed E-state index contributed by atoms with van der Waals surface area (Å²) in [6, 6.07) is 9.55. The summed E-state index contributed by atoms with van der Waals surface area (Å²) in [5.41, 5.74) is -0.494. The molecule has 2 aromatic carbocycles. The number of urea groups is 1. The van der Waals surface area contributed by atoms with E-state index in [4.69, 9.17) is 9.47 Å². The van der Waals surface area contributed by atoms with Gasteiger partial charge in [0.1, 0.15) is 17.9 Å². The number of carbonyl (C=O) groups excluding carboxylic acids is 3. The number of nitrogens with zero attached hydrogens (tertiary/aromatic N) is 1. The number of hydrogen-bond donors (Lipinski definition) is 2. The maximum atomic E-state index is 13.2. The minimum absolute atomic E-state index is 0.424. The molecule has 0 spiro atoms. The van der Waals surface area contributed by atoms with Crippen LogP contribution in [0.25, 0.3) is 0 Å². The second-order valence-corrected chi connectivity index (χ2v) is 7.21. The number of anilines is 1. The lowest BCUT2D eigenvalue weighted by atomic mass is 9.92. The molecule has 1 atom stereocenters. The molecule has 9 heteroatoms. The van der Waals surface area contributed by atoms with Gasteiger partial charge < -0.3 is 20.1 Å². The topological polar surface area (TPSA) is 97.0 Å². The van der Waals surface area contributed by atoms with Crippen molar-refractivity contribution in [2.24, 2.45) is 0 Å². The Hall–Kier alpha value is -3.62. The Labute approximate surface area is 171 Å². The van der Waals surface area contributed by atoms with Gasteiger partial charge in [-0.3, -0.25) is 14.5 Å². The molecule has 156 valence electrons. The number of imide groups is 1. The number of halogens is 1. The summed E-state index contributed by atoms with van der Waals surface area (Å²) >= 11 is 0. The van der Waals surface area contributed by atoms with Gasteiger partial charge >= 0.3 is 6.03 Å². The zero-order valence-electron chi connectivity index (χ0n) is 16.2. The van der Waals surface area contributed by atoms with Crippen LogP contribution in [0.15, 0.2) is 42.5 Å². The van der Waals surface area contributed by atoms with E-state index in [9.17, 15) is 18.8 Å². The van der Waals surface area contributed by atoms with Gasteiger partial charge in [-0.15, -0.1) is 0 Å². The summed E-state index contributed by atoms with van der Waals surface area (Å²) in [7, 11) is 0. The van der Waals surface area contributed by atoms with Crippen molar-refractivity contribution in [1.29, 1.82) is 0 Å². The molecule has 0 aromatic heterocycles. The first kappa shape index (κ1) is 19.7. The van der Waals surface area contributed by atoms with Crippen LogP contribution in [0.5, 0.6) is 11.5 Å². The predicted molar refractivity (Wildman–Crippen MR) is 105 cm³/mol. The zero-order valence-corrected chi connectivity index (χ0v) is 16.2. The highest BCUT2D eigenvalue weighted by Gasteiger charge is 2.49. The van der Waals surface area contributed by atoms with Crippen LogP contribution in [0.2, 0.25) is 0 Å². The number of hydrogen-bond acceptors (Lipinski definition) is 5. The molecule has 2 heterocycles. The van der Waals surface area contributed by atoms with Crippen LogP contribution < -0.4 is 20.1 Å². The van der Waals surface area contributed by atoms with Gasteiger partial charge in [0.05, 0.1) is 13.2 Å². The zero-order chi connectivity index (χ0) is 21.3. The molecule has 0 bridgehead atoms. The lowest BCUT2D eigenvalue weighted by molar-refractivity contribution is -0.133. The van der Waals surface area contributed by atoms with Gasteiger partial charge in [-0.1, -0.05) is 12.1 Å². The number of carbonyl (C=O) groups is 3. The monoisotopic (exact) mass is 413 g/mol. The van der Waals surface area contributed by atoms with Crippen molar-refractivity contribution >= 4 is 23.5 Å². The minimum Gasteiger partial charge on any atom is -0.490 e. The first-order valence-corrected chi connectivity index (χ1v) is 9.46. The van der Waals surface area contributed by atoms with Crippen LogP contribution in [-0.2, 0) is 15.1 Å². The van der Waals surface area contributed by atoms with Crippen molar-refractivity contribution in [2.75, 3.05) is 25.1 Å². The fourth-order valence-corrected chi connectivity index (χ4v) is 3.40. The Morgan fingerprint density at radius 2 is 1.83 bits per heavy atom. The largest absolute Gasteiger partial charge is 0.490 e. The quantitative estimate of drug-likeness (QED) is 0.751. The van der Waals surface area contributed by atoms with Gasteiger partial charge in [0.25, 0.3) is 5.91 Å². The van der Waals surface area contributed by atoms with Crippen molar-refractivity contribution in [3.05, 3.63) is 53.8 Å². The first-order chi connectivity index (χ1) is 14.4. The van der Waals surface area contributed by atoms with E-state index >= 15 is 0 Å². The lowest BCUT2D eigenvalue weighted by Gasteiger charge is -2.22. The minimum atomic E-state index is -1.37. The Morgan fingerprint density at radius 3 is 2.57 bits per heavy atom. The summed E-state index contributed by atoms with van der Waals surface area (Å²) in [5.74, 6) is -0.478. The Morgan fingerprint density at radius 1 is 1.13 bits per heavy atom. The maximum Gasteiger partial charge on any atom is 0.325 e. The van der Waals surface area contributed by atoms with E-state index in [0.29, 0.717) is 36.0 Å². The van der Waals surface area contributed by atoms with Gasteiger partial charge in [-0.05, 0) is 36.8 Å². The fourth-order valence-electron chi connectivity index (χ4n) is 3.40. The van der Waals surface area contributed by atoms with Crippen molar-refractivity contribution in [1.82, 2.24) is 10.2 Å². The third-order valence-corrected chi connectivity index (χ3v) is 5.03. The fraction of sp³-hybridized carbons (Fsp3) is 0.286. The Balaban J connectivity index is 1.46. The lowest BCUT2D eigenvalue weighted by Crippen LogP contribution is -2.42. The molecule has 0 radical (unpaired) electrons. The van der Waals surface area contributed by atoms with Crippen molar-refractivity contribution < 1.29 is 28.2 Å². The molecule has 2 aromatic rings. The summed E-state index contributed by atoms with van der Waals surface area (Å²) in [5, 5.41) is 5.24. The number of ether oxygens (including phenoxy) is 2. The smallest absolute Gasteiger partial charge is 0.325 e. The van der Waals surface area contributed by atoms with E-state index in [1.807, 2.05) is 0 Å². The normalized spacial score (nSPS) is 20.5. The summed E-state index contributed by atoms with van der Waals surface area (Å²) in [4.78, 5) is 38.6. The van der Waals surface area contributed by atoms with Crippen LogP contribution in [-0.4, -0.2) is 42.5 Å². The van der Waals surface area contributed by atoms with Crippen LogP contribution in [0.3, 0.4) is 0 Å². The highest BCUT2D eigenvalue weighted by molar-refractivity contribution is 6.10. The van der Waals surface area contributed by atoms with E-state index in [-0.39, 0.29) is 0 Å². The molecule has 0 saturated carbocycles. The second kappa shape index (κ2) is 7.66. The maximum absolute atomic E-state index is 13.2. The number of benzene rings is 2. The summed E-state index contributed by atoms with van der Waals surface area (Å²) in [6.07, 6.45) is 0.759. The molecule has 30 heavy (non-hydrogen) atoms. The average molecular weight is 413 g/mol. The highest BCUT2D eigenvalue weighted by atomic mass is 19.1. The Kier molecular flexibility index (Phi) is 5.03. The van der Waals surface area contributed by atoms with Gasteiger partial charge in [-0.25, -0.2) is 9.18 Å². The van der Waals surface area contributed by atoms with Crippen LogP contribution in [0.4, 0.5) is 14.9 Å². The third kappa shape index (κ3) is 3.66.